The first-order valence-electron chi connectivity index (χ1n) is 10.3. The van der Waals surface area contributed by atoms with Crippen LogP contribution in [0.2, 0.25) is 0 Å². The topological polar surface area (TPSA) is 81.5 Å². The molecule has 0 N–H and O–H groups in total. The monoisotopic (exact) mass is 475 g/mol. The molecule has 1 aliphatic heterocycles. The Kier molecular flexibility index (Phi) is 5.73. The molecule has 7 nitrogen and oxygen atoms in total. The van der Waals surface area contributed by atoms with Gasteiger partial charge in [0.1, 0.15) is 17.3 Å². The van der Waals surface area contributed by atoms with Crippen molar-refractivity contribution in [1.29, 1.82) is 0 Å². The number of nitrogens with zero attached hydrogens (tertiary/aromatic N) is 3. The van der Waals surface area contributed by atoms with E-state index in [9.17, 15) is 22.0 Å². The molecule has 174 valence electrons. The summed E-state index contributed by atoms with van der Waals surface area (Å²) in [5.41, 5.74) is 1.47. The van der Waals surface area contributed by atoms with E-state index in [1.807, 2.05) is 13.8 Å². The van der Waals surface area contributed by atoms with E-state index in [-0.39, 0.29) is 40.9 Å². The molecule has 1 aliphatic rings. The minimum atomic E-state index is -3.52. The maximum Gasteiger partial charge on any atom is 0.258 e. The van der Waals surface area contributed by atoms with E-state index in [1.54, 1.807) is 6.20 Å². The van der Waals surface area contributed by atoms with Gasteiger partial charge in [0, 0.05) is 30.1 Å². The molecule has 0 atom stereocenters. The predicted octanol–water partition coefficient (Wildman–Crippen LogP) is 3.81. The molecule has 1 amide bonds. The van der Waals surface area contributed by atoms with Crippen LogP contribution in [0.1, 0.15) is 41.0 Å². The normalized spacial score (nSPS) is 13.5. The zero-order valence-corrected chi connectivity index (χ0v) is 19.4. The van der Waals surface area contributed by atoms with E-state index in [2.05, 4.69) is 5.10 Å². The highest BCUT2D eigenvalue weighted by Crippen LogP contribution is 2.30. The molecule has 0 fully saturated rings. The molecule has 0 saturated heterocycles. The zero-order chi connectivity index (χ0) is 24.1. The summed E-state index contributed by atoms with van der Waals surface area (Å²) in [6.45, 7) is 5.34. The summed E-state index contributed by atoms with van der Waals surface area (Å²) < 4.78 is 59.2. The van der Waals surface area contributed by atoms with Crippen molar-refractivity contribution >= 4 is 15.7 Å². The number of rotatable bonds is 5. The molecule has 4 rings (SSSR count). The molecule has 33 heavy (non-hydrogen) atoms. The Morgan fingerprint density at radius 3 is 2.52 bits per heavy atom. The van der Waals surface area contributed by atoms with Gasteiger partial charge in [-0.1, -0.05) is 0 Å². The van der Waals surface area contributed by atoms with Crippen LogP contribution in [0, 0.1) is 18.6 Å². The van der Waals surface area contributed by atoms with Crippen molar-refractivity contribution in [2.24, 2.45) is 0 Å². The fraction of sp³-hybridized carbons (Fsp3) is 0.304. The number of carbonyl (C=O) groups excluding carboxylic acids is 1. The Bertz CT molecular complexity index is 1340. The number of benzene rings is 2. The van der Waals surface area contributed by atoms with Crippen LogP contribution in [0.25, 0.3) is 5.69 Å². The molecule has 10 heteroatoms. The molecule has 0 saturated carbocycles. The molecule has 0 bridgehead atoms. The second kappa shape index (κ2) is 8.26. The lowest BCUT2D eigenvalue weighted by Crippen LogP contribution is -2.27. The van der Waals surface area contributed by atoms with Crippen molar-refractivity contribution < 1.29 is 26.7 Å². The molecule has 2 heterocycles. The highest BCUT2D eigenvalue weighted by Gasteiger charge is 2.30. The number of ether oxygens (including phenoxy) is 1. The molecule has 0 unspecified atom stereocenters. The Labute approximate surface area is 190 Å². The van der Waals surface area contributed by atoms with Gasteiger partial charge in [-0.15, -0.1) is 0 Å². The van der Waals surface area contributed by atoms with Gasteiger partial charge in [0.05, 0.1) is 28.8 Å². The van der Waals surface area contributed by atoms with E-state index in [4.69, 9.17) is 4.74 Å². The summed E-state index contributed by atoms with van der Waals surface area (Å²) >= 11 is 0. The van der Waals surface area contributed by atoms with Gasteiger partial charge in [-0.25, -0.2) is 21.9 Å². The first-order chi connectivity index (χ1) is 15.5. The van der Waals surface area contributed by atoms with Gasteiger partial charge in [-0.05, 0) is 51.1 Å². The SMILES string of the molecule is Cc1c(F)ccc(-n2cc3c(n2)CN(C(=O)c2cc(S(C)(=O)=O)ccc2OC(C)C)C3)c1F. The average molecular weight is 476 g/mol. The minimum absolute atomic E-state index is 0.0197. The van der Waals surface area contributed by atoms with Gasteiger partial charge in [0.15, 0.2) is 15.7 Å². The number of fused-ring (bicyclic) bond motifs is 1. The largest absolute Gasteiger partial charge is 0.490 e. The van der Waals surface area contributed by atoms with Gasteiger partial charge in [0.2, 0.25) is 0 Å². The second-order valence-electron chi connectivity index (χ2n) is 8.31. The lowest BCUT2D eigenvalue weighted by Gasteiger charge is -2.20. The van der Waals surface area contributed by atoms with Crippen LogP contribution in [-0.2, 0) is 22.9 Å². The maximum atomic E-state index is 14.5. The summed E-state index contributed by atoms with van der Waals surface area (Å²) in [7, 11) is -3.52. The third-order valence-electron chi connectivity index (χ3n) is 5.39. The fourth-order valence-electron chi connectivity index (χ4n) is 3.68. The molecule has 0 radical (unpaired) electrons. The van der Waals surface area contributed by atoms with Crippen molar-refractivity contribution in [3.8, 4) is 11.4 Å². The summed E-state index contributed by atoms with van der Waals surface area (Å²) in [5, 5.41) is 4.38. The Morgan fingerprint density at radius 1 is 1.15 bits per heavy atom. The lowest BCUT2D eigenvalue weighted by molar-refractivity contribution is 0.0742. The molecular weight excluding hydrogens is 452 g/mol. The van der Waals surface area contributed by atoms with Crippen molar-refractivity contribution in [3.63, 3.8) is 0 Å². The van der Waals surface area contributed by atoms with Crippen molar-refractivity contribution in [2.45, 2.75) is 44.9 Å². The fourth-order valence-corrected chi connectivity index (χ4v) is 4.33. The van der Waals surface area contributed by atoms with E-state index in [0.29, 0.717) is 11.4 Å². The van der Waals surface area contributed by atoms with Gasteiger partial charge in [-0.2, -0.15) is 5.10 Å². The van der Waals surface area contributed by atoms with Crippen LogP contribution in [0.15, 0.2) is 41.4 Å². The van der Waals surface area contributed by atoms with Crippen LogP contribution in [-0.4, -0.2) is 41.4 Å². The van der Waals surface area contributed by atoms with Crippen molar-refractivity contribution in [2.75, 3.05) is 6.26 Å². The first kappa shape index (κ1) is 22.9. The van der Waals surface area contributed by atoms with Crippen molar-refractivity contribution in [1.82, 2.24) is 14.7 Å². The summed E-state index contributed by atoms with van der Waals surface area (Å²) in [4.78, 5) is 14.8. The lowest BCUT2D eigenvalue weighted by atomic mass is 10.1. The van der Waals surface area contributed by atoms with E-state index < -0.39 is 27.4 Å². The summed E-state index contributed by atoms with van der Waals surface area (Å²) in [5.74, 6) is -1.44. The van der Waals surface area contributed by atoms with Crippen LogP contribution in [0.5, 0.6) is 5.75 Å². The maximum absolute atomic E-state index is 14.5. The van der Waals surface area contributed by atoms with Crippen molar-refractivity contribution in [3.05, 3.63) is 70.5 Å². The van der Waals surface area contributed by atoms with Gasteiger partial charge in [0.25, 0.3) is 5.91 Å². The van der Waals surface area contributed by atoms with Crippen LogP contribution in [0.3, 0.4) is 0 Å². The number of amides is 1. The number of hydrogen-bond acceptors (Lipinski definition) is 5. The third kappa shape index (κ3) is 4.35. The smallest absolute Gasteiger partial charge is 0.258 e. The van der Waals surface area contributed by atoms with Crippen LogP contribution in [0.4, 0.5) is 8.78 Å². The third-order valence-corrected chi connectivity index (χ3v) is 6.50. The van der Waals surface area contributed by atoms with E-state index >= 15 is 0 Å². The van der Waals surface area contributed by atoms with Gasteiger partial charge < -0.3 is 9.64 Å². The molecule has 0 spiro atoms. The molecule has 0 aliphatic carbocycles. The van der Waals surface area contributed by atoms with Gasteiger partial charge in [-0.3, -0.25) is 4.79 Å². The highest BCUT2D eigenvalue weighted by atomic mass is 32.2. The standard InChI is InChI=1S/C23H23F2N3O4S/c1-13(2)32-21-8-5-16(33(4,30)31)9-17(21)23(29)27-10-15-11-28(26-19(15)12-27)20-7-6-18(24)14(3)22(20)25/h5-9,11,13H,10,12H2,1-4H3. The number of halogens is 2. The summed E-state index contributed by atoms with van der Waals surface area (Å²) in [6.07, 6.45) is 2.47. The quantitative estimate of drug-likeness (QED) is 0.561. The zero-order valence-electron chi connectivity index (χ0n) is 18.6. The Morgan fingerprint density at radius 2 is 1.88 bits per heavy atom. The highest BCUT2D eigenvalue weighted by molar-refractivity contribution is 7.90. The predicted molar refractivity (Wildman–Crippen MR) is 117 cm³/mol. The number of aromatic nitrogens is 2. The summed E-state index contributed by atoms with van der Waals surface area (Å²) in [6, 6.07) is 6.71. The average Bonchev–Trinajstić information content (AvgIpc) is 3.30. The molecular formula is C23H23F2N3O4S. The number of carbonyl (C=O) groups is 1. The number of sulfone groups is 1. The Hall–Kier alpha value is -3.27. The minimum Gasteiger partial charge on any atom is -0.490 e. The molecule has 3 aromatic rings. The van der Waals surface area contributed by atoms with Crippen LogP contribution < -0.4 is 4.74 Å². The first-order valence-corrected chi connectivity index (χ1v) is 12.2. The Balaban J connectivity index is 1.63. The van der Waals surface area contributed by atoms with Gasteiger partial charge >= 0.3 is 0 Å². The number of hydrogen-bond donors (Lipinski definition) is 0. The molecule has 2 aromatic carbocycles. The van der Waals surface area contributed by atoms with Crippen LogP contribution >= 0.6 is 0 Å². The van der Waals surface area contributed by atoms with E-state index in [1.165, 1.54) is 46.8 Å². The molecule has 1 aromatic heterocycles. The van der Waals surface area contributed by atoms with E-state index in [0.717, 1.165) is 11.8 Å². The second-order valence-corrected chi connectivity index (χ2v) is 10.3.